The molecule has 5 heteroatoms. The molecule has 0 saturated carbocycles. The van der Waals surface area contributed by atoms with E-state index >= 15 is 0 Å². The minimum Gasteiger partial charge on any atom is -0.378 e. The van der Waals surface area contributed by atoms with Crippen molar-refractivity contribution in [2.75, 3.05) is 12.4 Å². The van der Waals surface area contributed by atoms with Gasteiger partial charge in [0, 0.05) is 6.61 Å². The third-order valence-corrected chi connectivity index (χ3v) is 4.68. The van der Waals surface area contributed by atoms with Gasteiger partial charge in [0.1, 0.15) is 10.7 Å². The van der Waals surface area contributed by atoms with Crippen molar-refractivity contribution in [3.63, 3.8) is 0 Å². The molecule has 0 bridgehead atoms. The lowest BCUT2D eigenvalue weighted by molar-refractivity contribution is 0.109. The molecule has 1 atom stereocenters. The van der Waals surface area contributed by atoms with E-state index in [2.05, 4.69) is 0 Å². The molecule has 1 fully saturated rings. The van der Waals surface area contributed by atoms with Gasteiger partial charge in [-0.05, 0) is 31.4 Å². The van der Waals surface area contributed by atoms with Crippen LogP contribution in [0.2, 0.25) is 0 Å². The van der Waals surface area contributed by atoms with E-state index < -0.39 is 15.7 Å². The average Bonchev–Trinajstić information content (AvgIpc) is 2.80. The van der Waals surface area contributed by atoms with Crippen LogP contribution in [-0.2, 0) is 14.6 Å². The van der Waals surface area contributed by atoms with E-state index in [0.29, 0.717) is 13.0 Å². The average molecular weight is 258 g/mol. The van der Waals surface area contributed by atoms with Gasteiger partial charge in [0.2, 0.25) is 0 Å². The molecule has 1 aliphatic heterocycles. The lowest BCUT2D eigenvalue weighted by Gasteiger charge is -2.10. The van der Waals surface area contributed by atoms with Crippen LogP contribution in [0.1, 0.15) is 19.3 Å². The Morgan fingerprint density at radius 2 is 2.12 bits per heavy atom. The van der Waals surface area contributed by atoms with Gasteiger partial charge in [-0.3, -0.25) is 0 Å². The van der Waals surface area contributed by atoms with Crippen molar-refractivity contribution < 1.29 is 17.5 Å². The highest BCUT2D eigenvalue weighted by molar-refractivity contribution is 7.91. The maximum atomic E-state index is 13.4. The first-order valence-electron chi connectivity index (χ1n) is 5.68. The Morgan fingerprint density at radius 1 is 1.35 bits per heavy atom. The Hall–Kier alpha value is -0.940. The Morgan fingerprint density at radius 3 is 2.76 bits per heavy atom. The molecule has 3 nitrogen and oxygen atoms in total. The molecule has 1 aromatic rings. The van der Waals surface area contributed by atoms with Crippen LogP contribution in [0.25, 0.3) is 0 Å². The van der Waals surface area contributed by atoms with E-state index in [-0.39, 0.29) is 16.8 Å². The summed E-state index contributed by atoms with van der Waals surface area (Å²) < 4.78 is 42.6. The molecule has 1 saturated heterocycles. The van der Waals surface area contributed by atoms with Crippen LogP contribution in [0.4, 0.5) is 4.39 Å². The summed E-state index contributed by atoms with van der Waals surface area (Å²) in [5.41, 5.74) is 0. The van der Waals surface area contributed by atoms with Crippen molar-refractivity contribution in [1.82, 2.24) is 0 Å². The second-order valence-electron chi connectivity index (χ2n) is 4.17. The molecule has 1 aliphatic rings. The predicted molar refractivity (Wildman–Crippen MR) is 62.0 cm³/mol. The zero-order chi connectivity index (χ0) is 12.3. The molecule has 1 heterocycles. The molecule has 0 aliphatic carbocycles. The minimum atomic E-state index is -3.53. The first-order chi connectivity index (χ1) is 8.09. The van der Waals surface area contributed by atoms with E-state index in [1.54, 1.807) is 0 Å². The van der Waals surface area contributed by atoms with Crippen molar-refractivity contribution >= 4 is 9.84 Å². The van der Waals surface area contributed by atoms with Crippen LogP contribution >= 0.6 is 0 Å². The summed E-state index contributed by atoms with van der Waals surface area (Å²) in [6, 6.07) is 5.48. The van der Waals surface area contributed by atoms with E-state index in [0.717, 1.165) is 12.8 Å². The quantitative estimate of drug-likeness (QED) is 0.831. The summed E-state index contributed by atoms with van der Waals surface area (Å²) in [5.74, 6) is -0.738. The molecule has 1 unspecified atom stereocenters. The minimum absolute atomic E-state index is 0.0107. The summed E-state index contributed by atoms with van der Waals surface area (Å²) in [5, 5.41) is 0. The molecule has 94 valence electrons. The Balaban J connectivity index is 2.06. The van der Waals surface area contributed by atoms with Crippen molar-refractivity contribution in [1.29, 1.82) is 0 Å². The Labute approximate surface area is 101 Å². The molecule has 1 aromatic carbocycles. The number of sulfone groups is 1. The molecular weight excluding hydrogens is 243 g/mol. The number of hydrogen-bond acceptors (Lipinski definition) is 3. The fraction of sp³-hybridized carbons (Fsp3) is 0.500. The molecular formula is C12H15FO3S. The van der Waals surface area contributed by atoms with E-state index in [9.17, 15) is 12.8 Å². The number of ether oxygens (including phenoxy) is 1. The number of hydrogen-bond donors (Lipinski definition) is 0. The van der Waals surface area contributed by atoms with Crippen LogP contribution in [-0.4, -0.2) is 26.9 Å². The first kappa shape index (κ1) is 12.5. The monoisotopic (exact) mass is 258 g/mol. The van der Waals surface area contributed by atoms with Gasteiger partial charge in [0.15, 0.2) is 9.84 Å². The molecule has 17 heavy (non-hydrogen) atoms. The smallest absolute Gasteiger partial charge is 0.181 e. The summed E-state index contributed by atoms with van der Waals surface area (Å²) in [6.45, 7) is 0.699. The molecule has 0 amide bonds. The van der Waals surface area contributed by atoms with Gasteiger partial charge in [-0.15, -0.1) is 0 Å². The number of benzene rings is 1. The predicted octanol–water partition coefficient (Wildman–Crippen LogP) is 2.17. The van der Waals surface area contributed by atoms with E-state index in [4.69, 9.17) is 4.74 Å². The SMILES string of the molecule is O=S(=O)(CCC1CCCO1)c1ccccc1F. The van der Waals surface area contributed by atoms with Gasteiger partial charge >= 0.3 is 0 Å². The third kappa shape index (κ3) is 3.04. The van der Waals surface area contributed by atoms with Crippen molar-refractivity contribution in [2.24, 2.45) is 0 Å². The normalized spacial score (nSPS) is 20.6. The fourth-order valence-corrected chi connectivity index (χ4v) is 3.41. The van der Waals surface area contributed by atoms with E-state index in [1.807, 2.05) is 0 Å². The van der Waals surface area contributed by atoms with Crippen molar-refractivity contribution in [3.05, 3.63) is 30.1 Å². The van der Waals surface area contributed by atoms with Gasteiger partial charge in [0.25, 0.3) is 0 Å². The van der Waals surface area contributed by atoms with Crippen LogP contribution in [0.3, 0.4) is 0 Å². The van der Waals surface area contributed by atoms with E-state index in [1.165, 1.54) is 24.3 Å². The summed E-state index contributed by atoms with van der Waals surface area (Å²) in [4.78, 5) is -0.210. The van der Waals surface area contributed by atoms with Gasteiger partial charge in [-0.25, -0.2) is 12.8 Å². The molecule has 0 radical (unpaired) electrons. The van der Waals surface area contributed by atoms with Gasteiger partial charge in [-0.1, -0.05) is 12.1 Å². The van der Waals surface area contributed by atoms with Gasteiger partial charge < -0.3 is 4.74 Å². The summed E-state index contributed by atoms with van der Waals surface area (Å²) in [7, 11) is -3.53. The highest BCUT2D eigenvalue weighted by Crippen LogP contribution is 2.20. The first-order valence-corrected chi connectivity index (χ1v) is 7.34. The molecule has 2 rings (SSSR count). The second kappa shape index (κ2) is 5.14. The van der Waals surface area contributed by atoms with Crippen molar-refractivity contribution in [2.45, 2.75) is 30.3 Å². The zero-order valence-electron chi connectivity index (χ0n) is 9.43. The zero-order valence-corrected chi connectivity index (χ0v) is 10.2. The van der Waals surface area contributed by atoms with Gasteiger partial charge in [-0.2, -0.15) is 0 Å². The second-order valence-corrected chi connectivity index (χ2v) is 6.25. The van der Waals surface area contributed by atoms with Crippen LogP contribution in [0.15, 0.2) is 29.2 Å². The Bertz CT molecular complexity index is 478. The maximum Gasteiger partial charge on any atom is 0.181 e. The van der Waals surface area contributed by atoms with Gasteiger partial charge in [0.05, 0.1) is 11.9 Å². The van der Waals surface area contributed by atoms with Crippen LogP contribution < -0.4 is 0 Å². The highest BCUT2D eigenvalue weighted by atomic mass is 32.2. The van der Waals surface area contributed by atoms with Crippen molar-refractivity contribution in [3.8, 4) is 0 Å². The molecule has 0 spiro atoms. The standard InChI is InChI=1S/C12H15FO3S/c13-11-5-1-2-6-12(11)17(14,15)9-7-10-4-3-8-16-10/h1-2,5-6,10H,3-4,7-9H2. The van der Waals surface area contributed by atoms with Crippen LogP contribution in [0.5, 0.6) is 0 Å². The Kier molecular flexibility index (Phi) is 3.79. The topological polar surface area (TPSA) is 43.4 Å². The maximum absolute atomic E-state index is 13.4. The lowest BCUT2D eigenvalue weighted by Crippen LogP contribution is -2.15. The fourth-order valence-electron chi connectivity index (χ4n) is 1.97. The largest absolute Gasteiger partial charge is 0.378 e. The molecule has 0 N–H and O–H groups in total. The number of halogens is 1. The molecule has 0 aromatic heterocycles. The summed E-state index contributed by atoms with van der Waals surface area (Å²) >= 11 is 0. The van der Waals surface area contributed by atoms with Crippen LogP contribution in [0, 0.1) is 5.82 Å². The third-order valence-electron chi connectivity index (χ3n) is 2.90. The highest BCUT2D eigenvalue weighted by Gasteiger charge is 2.22. The number of rotatable bonds is 4. The lowest BCUT2D eigenvalue weighted by atomic mass is 10.2. The summed E-state index contributed by atoms with van der Waals surface area (Å²) in [6.07, 6.45) is 2.32.